The van der Waals surface area contributed by atoms with Crippen molar-refractivity contribution in [2.45, 2.75) is 0 Å². The van der Waals surface area contributed by atoms with E-state index in [0.717, 1.165) is 32.1 Å². The number of hydrogen-bond donors (Lipinski definition) is 2. The number of benzene rings is 2. The number of rotatable bonds is 1. The van der Waals surface area contributed by atoms with Crippen molar-refractivity contribution in [2.24, 2.45) is 0 Å². The lowest BCUT2D eigenvalue weighted by Crippen LogP contribution is -1.75. The summed E-state index contributed by atoms with van der Waals surface area (Å²) in [5.74, 6) is 0. The first kappa shape index (κ1) is 10.9. The zero-order valence-corrected chi connectivity index (χ0v) is 11.6. The summed E-state index contributed by atoms with van der Waals surface area (Å²) < 4.78 is 1.08. The molecule has 4 aromatic rings. The van der Waals surface area contributed by atoms with Crippen molar-refractivity contribution in [1.29, 1.82) is 0 Å². The van der Waals surface area contributed by atoms with Crippen molar-refractivity contribution < 1.29 is 0 Å². The molecule has 2 aromatic carbocycles. The average Bonchev–Trinajstić information content (AvgIpc) is 3.00. The highest BCUT2D eigenvalue weighted by Crippen LogP contribution is 2.31. The summed E-state index contributed by atoms with van der Waals surface area (Å²) in [7, 11) is 0. The average molecular weight is 310 g/mol. The van der Waals surface area contributed by atoms with E-state index in [2.05, 4.69) is 56.2 Å². The lowest BCUT2D eigenvalue weighted by atomic mass is 10.1. The molecule has 0 aliphatic rings. The van der Waals surface area contributed by atoms with Gasteiger partial charge in [-0.25, -0.2) is 0 Å². The molecule has 2 nitrogen and oxygen atoms in total. The van der Waals surface area contributed by atoms with Gasteiger partial charge in [0.05, 0.1) is 5.69 Å². The summed E-state index contributed by atoms with van der Waals surface area (Å²) >= 11 is 3.52. The molecule has 0 bridgehead atoms. The monoisotopic (exact) mass is 309 g/mol. The Morgan fingerprint density at radius 3 is 2.79 bits per heavy atom. The lowest BCUT2D eigenvalue weighted by molar-refractivity contribution is 1.43. The number of aromatic nitrogens is 2. The third-order valence-electron chi connectivity index (χ3n) is 3.36. The Balaban J connectivity index is 2.00. The van der Waals surface area contributed by atoms with Crippen LogP contribution in [0.2, 0.25) is 0 Å². The van der Waals surface area contributed by atoms with E-state index in [0.29, 0.717) is 0 Å². The van der Waals surface area contributed by atoms with Gasteiger partial charge < -0.3 is 9.97 Å². The first-order chi connectivity index (χ1) is 9.31. The number of hydrogen-bond acceptors (Lipinski definition) is 0. The molecule has 3 heteroatoms. The SMILES string of the molecule is Brc1ccc2[nH]cc(-c3[c]c4ccccc4[nH]3)c2c1. The molecule has 19 heavy (non-hydrogen) atoms. The first-order valence-electron chi connectivity index (χ1n) is 6.08. The van der Waals surface area contributed by atoms with Gasteiger partial charge in [0, 0.05) is 44.1 Å². The van der Waals surface area contributed by atoms with E-state index in [1.165, 1.54) is 5.39 Å². The Morgan fingerprint density at radius 1 is 1.00 bits per heavy atom. The zero-order valence-electron chi connectivity index (χ0n) is 10.00. The number of fused-ring (bicyclic) bond motifs is 2. The summed E-state index contributed by atoms with van der Waals surface area (Å²) in [6.07, 6.45) is 2.03. The van der Waals surface area contributed by atoms with Crippen LogP contribution in [0.5, 0.6) is 0 Å². The topological polar surface area (TPSA) is 31.6 Å². The van der Waals surface area contributed by atoms with Crippen molar-refractivity contribution in [2.75, 3.05) is 0 Å². The highest BCUT2D eigenvalue weighted by atomic mass is 79.9. The Labute approximate surface area is 118 Å². The van der Waals surface area contributed by atoms with E-state index in [-0.39, 0.29) is 0 Å². The van der Waals surface area contributed by atoms with Crippen molar-refractivity contribution >= 4 is 37.7 Å². The zero-order chi connectivity index (χ0) is 12.8. The van der Waals surface area contributed by atoms with Crippen molar-refractivity contribution in [3.63, 3.8) is 0 Å². The van der Waals surface area contributed by atoms with E-state index in [1.807, 2.05) is 24.4 Å². The van der Waals surface area contributed by atoms with E-state index < -0.39 is 0 Å². The first-order valence-corrected chi connectivity index (χ1v) is 6.87. The van der Waals surface area contributed by atoms with Gasteiger partial charge in [-0.05, 0) is 24.3 Å². The van der Waals surface area contributed by atoms with Gasteiger partial charge in [-0.3, -0.25) is 0 Å². The molecule has 0 atom stereocenters. The van der Waals surface area contributed by atoms with Gasteiger partial charge in [0.25, 0.3) is 0 Å². The van der Waals surface area contributed by atoms with Gasteiger partial charge in [0.15, 0.2) is 0 Å². The molecule has 2 heterocycles. The van der Waals surface area contributed by atoms with Crippen LogP contribution in [0.15, 0.2) is 53.1 Å². The van der Waals surface area contributed by atoms with E-state index in [1.54, 1.807) is 0 Å². The normalized spacial score (nSPS) is 11.4. The summed E-state index contributed by atoms with van der Waals surface area (Å²) in [6.45, 7) is 0. The second-order valence-electron chi connectivity index (χ2n) is 4.56. The fraction of sp³-hybridized carbons (Fsp3) is 0. The highest BCUT2D eigenvalue weighted by molar-refractivity contribution is 9.10. The second kappa shape index (κ2) is 4.00. The standard InChI is InChI=1S/C16H10BrN2/c17-11-5-6-15-12(8-11)13(9-18-15)16-7-10-3-1-2-4-14(10)19-16/h1-6,8-9,18-19H. The molecule has 0 aliphatic carbocycles. The minimum atomic E-state index is 1.02. The fourth-order valence-corrected chi connectivity index (χ4v) is 2.80. The third kappa shape index (κ3) is 1.70. The number of halogens is 1. The smallest absolute Gasteiger partial charge is 0.0567 e. The van der Waals surface area contributed by atoms with Crippen molar-refractivity contribution in [1.82, 2.24) is 9.97 Å². The van der Waals surface area contributed by atoms with Crippen molar-refractivity contribution in [3.8, 4) is 11.3 Å². The predicted molar refractivity (Wildman–Crippen MR) is 82.1 cm³/mol. The van der Waals surface area contributed by atoms with Crippen LogP contribution in [0.1, 0.15) is 0 Å². The maximum Gasteiger partial charge on any atom is 0.0567 e. The molecule has 0 saturated heterocycles. The molecular weight excluding hydrogens is 300 g/mol. The van der Waals surface area contributed by atoms with E-state index in [4.69, 9.17) is 0 Å². The lowest BCUT2D eigenvalue weighted by Gasteiger charge is -1.96. The molecule has 91 valence electrons. The molecule has 0 spiro atoms. The second-order valence-corrected chi connectivity index (χ2v) is 5.48. The fourth-order valence-electron chi connectivity index (χ4n) is 2.44. The van der Waals surface area contributed by atoms with Crippen molar-refractivity contribution in [3.05, 3.63) is 59.2 Å². The molecule has 0 aliphatic heterocycles. The molecule has 0 amide bonds. The number of nitrogens with one attached hydrogen (secondary N) is 2. The van der Waals surface area contributed by atoms with Crippen LogP contribution in [0.4, 0.5) is 0 Å². The number of aromatic amines is 2. The summed E-state index contributed by atoms with van der Waals surface area (Å²) in [6, 6.07) is 17.9. The van der Waals surface area contributed by atoms with E-state index in [9.17, 15) is 0 Å². The number of H-pyrrole nitrogens is 2. The molecule has 0 saturated carbocycles. The largest absolute Gasteiger partial charge is 0.360 e. The Hall–Kier alpha value is -2.00. The quantitative estimate of drug-likeness (QED) is 0.502. The minimum absolute atomic E-state index is 1.02. The molecule has 1 radical (unpaired) electrons. The molecule has 2 aromatic heterocycles. The van der Waals surface area contributed by atoms with Gasteiger partial charge in [-0.1, -0.05) is 34.1 Å². The van der Waals surface area contributed by atoms with Crippen LogP contribution in [-0.4, -0.2) is 9.97 Å². The van der Waals surface area contributed by atoms with Gasteiger partial charge >= 0.3 is 0 Å². The Bertz CT molecular complexity index is 853. The van der Waals surface area contributed by atoms with Crippen LogP contribution < -0.4 is 0 Å². The predicted octanol–water partition coefficient (Wildman–Crippen LogP) is 4.88. The summed E-state index contributed by atoms with van der Waals surface area (Å²) in [4.78, 5) is 6.72. The molecule has 2 N–H and O–H groups in total. The van der Waals surface area contributed by atoms with Crippen LogP contribution in [-0.2, 0) is 0 Å². The molecular formula is C16H10BrN2. The highest BCUT2D eigenvalue weighted by Gasteiger charge is 2.09. The summed E-state index contributed by atoms with van der Waals surface area (Å²) in [5, 5.41) is 2.30. The molecule has 0 unspecified atom stereocenters. The van der Waals surface area contributed by atoms with Crippen LogP contribution >= 0.6 is 15.9 Å². The molecule has 0 fully saturated rings. The van der Waals surface area contributed by atoms with Gasteiger partial charge in [-0.15, -0.1) is 0 Å². The number of para-hydroxylation sites is 1. The van der Waals surface area contributed by atoms with E-state index >= 15 is 0 Å². The summed E-state index contributed by atoms with van der Waals surface area (Å²) in [5.41, 5.74) is 4.41. The minimum Gasteiger partial charge on any atom is -0.360 e. The Kier molecular flexibility index (Phi) is 2.29. The third-order valence-corrected chi connectivity index (χ3v) is 3.85. The van der Waals surface area contributed by atoms with Crippen LogP contribution in [0, 0.1) is 6.07 Å². The van der Waals surface area contributed by atoms with Gasteiger partial charge in [-0.2, -0.15) is 0 Å². The van der Waals surface area contributed by atoms with Gasteiger partial charge in [0.1, 0.15) is 0 Å². The maximum atomic E-state index is 3.52. The Morgan fingerprint density at radius 2 is 1.89 bits per heavy atom. The van der Waals surface area contributed by atoms with Crippen LogP contribution in [0.25, 0.3) is 33.1 Å². The maximum absolute atomic E-state index is 3.52. The van der Waals surface area contributed by atoms with Crippen LogP contribution in [0.3, 0.4) is 0 Å². The van der Waals surface area contributed by atoms with Gasteiger partial charge in [0.2, 0.25) is 0 Å². The molecule has 4 rings (SSSR count).